The molecule has 2 rings (SSSR count). The Morgan fingerprint density at radius 2 is 1.81 bits per heavy atom. The van der Waals surface area contributed by atoms with Gasteiger partial charge in [-0.15, -0.1) is 0 Å². The van der Waals surface area contributed by atoms with Gasteiger partial charge in [-0.1, -0.05) is 0 Å². The van der Waals surface area contributed by atoms with Crippen molar-refractivity contribution in [2.24, 2.45) is 5.73 Å². The molecule has 0 atom stereocenters. The van der Waals surface area contributed by atoms with E-state index in [1.165, 1.54) is 37.4 Å². The van der Waals surface area contributed by atoms with Crippen LogP contribution in [0.3, 0.4) is 0 Å². The average molecular weight is 243 g/mol. The van der Waals surface area contributed by atoms with E-state index in [1.54, 1.807) is 0 Å². The molecule has 1 amide bonds. The summed E-state index contributed by atoms with van der Waals surface area (Å²) in [5.74, 6) is 2.36. The molecule has 0 aromatic rings. The van der Waals surface area contributed by atoms with E-state index in [-0.39, 0.29) is 5.91 Å². The number of carbonyl (C=O) groups is 1. The fourth-order valence-corrected chi connectivity index (χ4v) is 3.54. The Bertz CT molecular complexity index is 235. The van der Waals surface area contributed by atoms with Crippen molar-refractivity contribution in [3.8, 4) is 0 Å². The lowest BCUT2D eigenvalue weighted by molar-refractivity contribution is -0.119. The number of piperidine rings is 1. The molecular formula is C11H21N3OS. The third kappa shape index (κ3) is 3.37. The summed E-state index contributed by atoms with van der Waals surface area (Å²) in [5.41, 5.74) is 5.21. The van der Waals surface area contributed by atoms with E-state index in [9.17, 15) is 4.79 Å². The van der Waals surface area contributed by atoms with Crippen LogP contribution < -0.4 is 5.73 Å². The van der Waals surface area contributed by atoms with Crippen LogP contribution in [0.5, 0.6) is 0 Å². The molecule has 2 aliphatic rings. The predicted octanol–water partition coefficient (Wildman–Crippen LogP) is -0.0151. The topological polar surface area (TPSA) is 49.6 Å². The van der Waals surface area contributed by atoms with E-state index < -0.39 is 0 Å². The minimum atomic E-state index is -0.201. The van der Waals surface area contributed by atoms with E-state index >= 15 is 0 Å². The molecule has 2 saturated heterocycles. The van der Waals surface area contributed by atoms with Gasteiger partial charge in [-0.3, -0.25) is 14.6 Å². The molecule has 0 spiro atoms. The van der Waals surface area contributed by atoms with Gasteiger partial charge >= 0.3 is 0 Å². The second-order valence-corrected chi connectivity index (χ2v) is 5.85. The van der Waals surface area contributed by atoms with E-state index in [2.05, 4.69) is 21.6 Å². The van der Waals surface area contributed by atoms with Gasteiger partial charge in [0.05, 0.1) is 6.54 Å². The summed E-state index contributed by atoms with van der Waals surface area (Å²) in [5, 5.41) is 0. The standard InChI is InChI=1S/C11H21N3OS/c12-11(15)9-13-3-1-10(2-4-13)14-5-7-16-8-6-14/h10H,1-9H2,(H2,12,15). The quantitative estimate of drug-likeness (QED) is 0.757. The average Bonchev–Trinajstić information content (AvgIpc) is 2.30. The Balaban J connectivity index is 1.73. The Kier molecular flexibility index (Phi) is 4.49. The SMILES string of the molecule is NC(=O)CN1CCC(N2CCSCC2)CC1. The van der Waals surface area contributed by atoms with Crippen LogP contribution >= 0.6 is 11.8 Å². The molecule has 92 valence electrons. The van der Waals surface area contributed by atoms with Gasteiger partial charge in [-0.2, -0.15) is 11.8 Å². The first-order valence-electron chi connectivity index (χ1n) is 6.08. The number of primary amides is 1. The van der Waals surface area contributed by atoms with Gasteiger partial charge in [0.1, 0.15) is 0 Å². The number of carbonyl (C=O) groups excluding carboxylic acids is 1. The van der Waals surface area contributed by atoms with E-state index in [0.29, 0.717) is 6.54 Å². The van der Waals surface area contributed by atoms with Crippen LogP contribution in [0.2, 0.25) is 0 Å². The summed E-state index contributed by atoms with van der Waals surface area (Å²) in [4.78, 5) is 15.6. The fraction of sp³-hybridized carbons (Fsp3) is 0.909. The highest BCUT2D eigenvalue weighted by Crippen LogP contribution is 2.20. The third-order valence-electron chi connectivity index (χ3n) is 3.50. The highest BCUT2D eigenvalue weighted by Gasteiger charge is 2.25. The largest absolute Gasteiger partial charge is 0.369 e. The second-order valence-electron chi connectivity index (χ2n) is 4.62. The zero-order chi connectivity index (χ0) is 11.4. The number of thioether (sulfide) groups is 1. The molecule has 2 aliphatic heterocycles. The normalized spacial score (nSPS) is 25.8. The first kappa shape index (κ1) is 12.2. The molecule has 0 aromatic carbocycles. The molecule has 5 heteroatoms. The smallest absolute Gasteiger partial charge is 0.231 e. The summed E-state index contributed by atoms with van der Waals surface area (Å²) >= 11 is 2.06. The number of rotatable bonds is 3. The van der Waals surface area contributed by atoms with Crippen LogP contribution in [0.15, 0.2) is 0 Å². The van der Waals surface area contributed by atoms with Crippen LogP contribution in [-0.2, 0) is 4.79 Å². The summed E-state index contributed by atoms with van der Waals surface area (Å²) in [6, 6.07) is 0.741. The first-order chi connectivity index (χ1) is 7.75. The highest BCUT2D eigenvalue weighted by molar-refractivity contribution is 7.99. The summed E-state index contributed by atoms with van der Waals surface area (Å²) in [6.45, 7) is 4.97. The molecule has 2 heterocycles. The molecular weight excluding hydrogens is 222 g/mol. The Morgan fingerprint density at radius 1 is 1.19 bits per heavy atom. The molecule has 0 saturated carbocycles. The maximum atomic E-state index is 10.8. The number of hydrogen-bond donors (Lipinski definition) is 1. The highest BCUT2D eigenvalue weighted by atomic mass is 32.2. The lowest BCUT2D eigenvalue weighted by atomic mass is 10.0. The predicted molar refractivity (Wildman–Crippen MR) is 67.6 cm³/mol. The molecule has 16 heavy (non-hydrogen) atoms. The van der Waals surface area contributed by atoms with E-state index in [4.69, 9.17) is 5.73 Å². The number of likely N-dealkylation sites (tertiary alicyclic amines) is 1. The van der Waals surface area contributed by atoms with Crippen LogP contribution in [0.25, 0.3) is 0 Å². The first-order valence-corrected chi connectivity index (χ1v) is 7.23. The number of amides is 1. The van der Waals surface area contributed by atoms with Gasteiger partial charge in [-0.05, 0) is 12.8 Å². The molecule has 0 radical (unpaired) electrons. The van der Waals surface area contributed by atoms with Crippen molar-refractivity contribution in [1.82, 2.24) is 9.80 Å². The lowest BCUT2D eigenvalue weighted by Gasteiger charge is -2.39. The maximum Gasteiger partial charge on any atom is 0.231 e. The van der Waals surface area contributed by atoms with Crippen molar-refractivity contribution >= 4 is 17.7 Å². The summed E-state index contributed by atoms with van der Waals surface area (Å²) < 4.78 is 0. The molecule has 0 aromatic heterocycles. The van der Waals surface area contributed by atoms with Crippen molar-refractivity contribution < 1.29 is 4.79 Å². The lowest BCUT2D eigenvalue weighted by Crippen LogP contribution is -2.49. The zero-order valence-corrected chi connectivity index (χ0v) is 10.5. The molecule has 2 fully saturated rings. The molecule has 4 nitrogen and oxygen atoms in total. The van der Waals surface area contributed by atoms with E-state index in [0.717, 1.165) is 19.1 Å². The van der Waals surface area contributed by atoms with Crippen molar-refractivity contribution in [2.45, 2.75) is 18.9 Å². The van der Waals surface area contributed by atoms with Gasteiger partial charge < -0.3 is 5.73 Å². The van der Waals surface area contributed by atoms with Crippen LogP contribution in [-0.4, -0.2) is 66.0 Å². The zero-order valence-electron chi connectivity index (χ0n) is 9.73. The second kappa shape index (κ2) is 5.89. The van der Waals surface area contributed by atoms with Crippen LogP contribution in [0.1, 0.15) is 12.8 Å². The summed E-state index contributed by atoms with van der Waals surface area (Å²) in [7, 11) is 0. The van der Waals surface area contributed by atoms with Gasteiger partial charge in [0.2, 0.25) is 5.91 Å². The minimum absolute atomic E-state index is 0.201. The summed E-state index contributed by atoms with van der Waals surface area (Å²) in [6.07, 6.45) is 2.38. The van der Waals surface area contributed by atoms with Gasteiger partial charge in [0.15, 0.2) is 0 Å². The van der Waals surface area contributed by atoms with Crippen LogP contribution in [0.4, 0.5) is 0 Å². The molecule has 2 N–H and O–H groups in total. The minimum Gasteiger partial charge on any atom is -0.369 e. The molecule has 0 aliphatic carbocycles. The van der Waals surface area contributed by atoms with E-state index in [1.807, 2.05) is 0 Å². The molecule has 0 unspecified atom stereocenters. The maximum absolute atomic E-state index is 10.8. The third-order valence-corrected chi connectivity index (χ3v) is 4.44. The van der Waals surface area contributed by atoms with Crippen molar-refractivity contribution in [2.75, 3.05) is 44.2 Å². The number of hydrogen-bond acceptors (Lipinski definition) is 4. The fourth-order valence-electron chi connectivity index (χ4n) is 2.61. The van der Waals surface area contributed by atoms with Crippen LogP contribution in [0, 0.1) is 0 Å². The monoisotopic (exact) mass is 243 g/mol. The van der Waals surface area contributed by atoms with Gasteiger partial charge in [-0.25, -0.2) is 0 Å². The van der Waals surface area contributed by atoms with Crippen molar-refractivity contribution in [3.05, 3.63) is 0 Å². The van der Waals surface area contributed by atoms with Crippen molar-refractivity contribution in [3.63, 3.8) is 0 Å². The number of nitrogens with two attached hydrogens (primary N) is 1. The Hall–Kier alpha value is -0.260. The van der Waals surface area contributed by atoms with Crippen molar-refractivity contribution in [1.29, 1.82) is 0 Å². The van der Waals surface area contributed by atoms with Gasteiger partial charge in [0, 0.05) is 43.7 Å². The Labute approximate surface area is 102 Å². The van der Waals surface area contributed by atoms with Gasteiger partial charge in [0.25, 0.3) is 0 Å². The Morgan fingerprint density at radius 3 is 2.38 bits per heavy atom. The number of nitrogens with zero attached hydrogens (tertiary/aromatic N) is 2. The molecule has 0 bridgehead atoms.